The van der Waals surface area contributed by atoms with Crippen molar-refractivity contribution in [2.24, 2.45) is 7.05 Å². The van der Waals surface area contributed by atoms with Crippen molar-refractivity contribution in [3.05, 3.63) is 18.0 Å². The fourth-order valence-corrected chi connectivity index (χ4v) is 2.26. The number of carboxylic acid groups (broad SMARTS) is 1. The molecule has 1 aromatic heterocycles. The first-order valence-corrected chi connectivity index (χ1v) is 6.02. The van der Waals surface area contributed by atoms with Crippen molar-refractivity contribution in [1.82, 2.24) is 14.7 Å². The molecule has 0 aliphatic carbocycles. The zero-order chi connectivity index (χ0) is 13.3. The molecule has 6 nitrogen and oxygen atoms in total. The van der Waals surface area contributed by atoms with Crippen LogP contribution in [0, 0.1) is 0 Å². The zero-order valence-corrected chi connectivity index (χ0v) is 11.0. The Bertz CT molecular complexity index is 446. The maximum absolute atomic E-state index is 11.1. The number of ether oxygens (including phenoxy) is 1. The van der Waals surface area contributed by atoms with Gasteiger partial charge in [-0.1, -0.05) is 0 Å². The lowest BCUT2D eigenvalue weighted by atomic mass is 9.96. The zero-order valence-electron chi connectivity index (χ0n) is 11.0. The Hall–Kier alpha value is -1.40. The maximum atomic E-state index is 11.1. The highest BCUT2D eigenvalue weighted by Gasteiger charge is 2.37. The number of carbonyl (C=O) groups is 1. The summed E-state index contributed by atoms with van der Waals surface area (Å²) in [5, 5.41) is 13.2. The first-order valence-electron chi connectivity index (χ1n) is 6.02. The second-order valence-corrected chi connectivity index (χ2v) is 4.97. The molecule has 0 bridgehead atoms. The molecule has 1 aromatic rings. The third-order valence-electron chi connectivity index (χ3n) is 3.52. The van der Waals surface area contributed by atoms with Crippen LogP contribution in [-0.4, -0.2) is 51.5 Å². The minimum atomic E-state index is -0.801. The van der Waals surface area contributed by atoms with Gasteiger partial charge in [-0.3, -0.25) is 14.4 Å². The summed E-state index contributed by atoms with van der Waals surface area (Å²) < 4.78 is 7.56. The van der Waals surface area contributed by atoms with Gasteiger partial charge in [-0.05, 0) is 13.8 Å². The average molecular weight is 253 g/mol. The molecule has 2 unspecified atom stereocenters. The molecule has 2 atom stereocenters. The largest absolute Gasteiger partial charge is 0.480 e. The lowest BCUT2D eigenvalue weighted by molar-refractivity contribution is -0.151. The van der Waals surface area contributed by atoms with Crippen LogP contribution in [0.2, 0.25) is 0 Å². The van der Waals surface area contributed by atoms with Crippen LogP contribution in [0.1, 0.15) is 19.4 Å². The minimum Gasteiger partial charge on any atom is -0.480 e. The molecular formula is C12H19N3O3. The molecule has 1 aliphatic rings. The van der Waals surface area contributed by atoms with Crippen molar-refractivity contribution >= 4 is 5.97 Å². The van der Waals surface area contributed by atoms with Crippen LogP contribution in [0.4, 0.5) is 0 Å². The predicted molar refractivity (Wildman–Crippen MR) is 65.2 cm³/mol. The third kappa shape index (κ3) is 2.39. The van der Waals surface area contributed by atoms with Crippen molar-refractivity contribution in [2.45, 2.75) is 25.5 Å². The van der Waals surface area contributed by atoms with Crippen molar-refractivity contribution in [3.8, 4) is 0 Å². The normalized spacial score (nSPS) is 27.1. The van der Waals surface area contributed by atoms with E-state index in [9.17, 15) is 4.79 Å². The topological polar surface area (TPSA) is 67.6 Å². The predicted octanol–water partition coefficient (Wildman–Crippen LogP) is 0.441. The maximum Gasteiger partial charge on any atom is 0.320 e. The van der Waals surface area contributed by atoms with Crippen LogP contribution < -0.4 is 0 Å². The highest BCUT2D eigenvalue weighted by atomic mass is 16.5. The molecule has 2 heterocycles. The Morgan fingerprint density at radius 3 is 2.94 bits per heavy atom. The smallest absolute Gasteiger partial charge is 0.320 e. The molecule has 0 amide bonds. The lowest BCUT2D eigenvalue weighted by Crippen LogP contribution is -2.53. The van der Waals surface area contributed by atoms with E-state index in [1.54, 1.807) is 17.8 Å². The van der Waals surface area contributed by atoms with Gasteiger partial charge >= 0.3 is 5.97 Å². The van der Waals surface area contributed by atoms with E-state index in [4.69, 9.17) is 9.84 Å². The van der Waals surface area contributed by atoms with Gasteiger partial charge in [0.15, 0.2) is 0 Å². The van der Waals surface area contributed by atoms with Crippen LogP contribution in [0.15, 0.2) is 12.4 Å². The van der Waals surface area contributed by atoms with E-state index in [-0.39, 0.29) is 0 Å². The van der Waals surface area contributed by atoms with E-state index in [0.29, 0.717) is 19.7 Å². The van der Waals surface area contributed by atoms with Crippen LogP contribution in [0.3, 0.4) is 0 Å². The van der Waals surface area contributed by atoms with Crippen molar-refractivity contribution in [1.29, 1.82) is 0 Å². The van der Waals surface area contributed by atoms with Crippen LogP contribution in [-0.2, 0) is 22.2 Å². The number of aryl methyl sites for hydroxylation is 1. The van der Waals surface area contributed by atoms with Gasteiger partial charge in [-0.15, -0.1) is 0 Å². The van der Waals surface area contributed by atoms with Crippen LogP contribution >= 0.6 is 0 Å². The summed E-state index contributed by atoms with van der Waals surface area (Å²) in [4.78, 5) is 13.0. The number of morpholine rings is 1. The monoisotopic (exact) mass is 253 g/mol. The number of carboxylic acids is 1. The summed E-state index contributed by atoms with van der Waals surface area (Å²) in [5.74, 6) is -0.801. The number of hydrogen-bond acceptors (Lipinski definition) is 4. The molecule has 1 N–H and O–H groups in total. The summed E-state index contributed by atoms with van der Waals surface area (Å²) in [5.41, 5.74) is 0.489. The minimum absolute atomic E-state index is 0.490. The third-order valence-corrected chi connectivity index (χ3v) is 3.52. The molecule has 0 radical (unpaired) electrons. The molecular weight excluding hydrogens is 234 g/mol. The van der Waals surface area contributed by atoms with Crippen LogP contribution in [0.25, 0.3) is 0 Å². The first kappa shape index (κ1) is 13.0. The number of nitrogens with zero attached hydrogens (tertiary/aromatic N) is 3. The van der Waals surface area contributed by atoms with Gasteiger partial charge in [-0.25, -0.2) is 0 Å². The number of hydrogen-bond donors (Lipinski definition) is 1. The van der Waals surface area contributed by atoms with E-state index in [1.165, 1.54) is 0 Å². The molecule has 6 heteroatoms. The quantitative estimate of drug-likeness (QED) is 0.846. The standard InChI is InChI=1S/C12H19N3O3/c1-9(11(16)17)15-4-5-18-12(2,8-15)10-6-13-14(3)7-10/h6-7,9H,4-5,8H2,1-3H3,(H,16,17). The Morgan fingerprint density at radius 2 is 2.39 bits per heavy atom. The number of aliphatic carboxylic acids is 1. The van der Waals surface area contributed by atoms with E-state index >= 15 is 0 Å². The summed E-state index contributed by atoms with van der Waals surface area (Å²) in [6, 6.07) is -0.495. The Morgan fingerprint density at radius 1 is 1.67 bits per heavy atom. The molecule has 0 aromatic carbocycles. The molecule has 0 saturated carbocycles. The van der Waals surface area contributed by atoms with Gasteiger partial charge in [-0.2, -0.15) is 5.10 Å². The Balaban J connectivity index is 2.17. The molecule has 1 fully saturated rings. The molecule has 1 aliphatic heterocycles. The van der Waals surface area contributed by atoms with Gasteiger partial charge in [0.1, 0.15) is 11.6 Å². The van der Waals surface area contributed by atoms with Crippen molar-refractivity contribution in [2.75, 3.05) is 19.7 Å². The summed E-state index contributed by atoms with van der Waals surface area (Å²) in [6.45, 7) is 5.42. The molecule has 2 rings (SSSR count). The van der Waals surface area contributed by atoms with E-state index in [2.05, 4.69) is 5.10 Å². The fourth-order valence-electron chi connectivity index (χ4n) is 2.26. The molecule has 100 valence electrons. The van der Waals surface area contributed by atoms with Crippen LogP contribution in [0.5, 0.6) is 0 Å². The van der Waals surface area contributed by atoms with Gasteiger partial charge in [0, 0.05) is 31.9 Å². The SMILES string of the molecule is CC(C(=O)O)N1CCOC(C)(c2cnn(C)c2)C1. The second kappa shape index (κ2) is 4.70. The van der Waals surface area contributed by atoms with Gasteiger partial charge < -0.3 is 9.84 Å². The summed E-state index contributed by atoms with van der Waals surface area (Å²) >= 11 is 0. The number of aromatic nitrogens is 2. The van der Waals surface area contributed by atoms with Gasteiger partial charge in [0.25, 0.3) is 0 Å². The lowest BCUT2D eigenvalue weighted by Gasteiger charge is -2.41. The summed E-state index contributed by atoms with van der Waals surface area (Å²) in [7, 11) is 1.85. The molecule has 18 heavy (non-hydrogen) atoms. The average Bonchev–Trinajstić information content (AvgIpc) is 2.75. The summed E-state index contributed by atoms with van der Waals surface area (Å²) in [6.07, 6.45) is 3.68. The Labute approximate surface area is 106 Å². The highest BCUT2D eigenvalue weighted by molar-refractivity contribution is 5.72. The van der Waals surface area contributed by atoms with Crippen molar-refractivity contribution < 1.29 is 14.6 Å². The van der Waals surface area contributed by atoms with Gasteiger partial charge in [0.05, 0.1) is 12.8 Å². The molecule has 0 spiro atoms. The molecule has 1 saturated heterocycles. The van der Waals surface area contributed by atoms with E-state index < -0.39 is 17.6 Å². The van der Waals surface area contributed by atoms with Gasteiger partial charge in [0.2, 0.25) is 0 Å². The number of rotatable bonds is 3. The fraction of sp³-hybridized carbons (Fsp3) is 0.667. The highest BCUT2D eigenvalue weighted by Crippen LogP contribution is 2.29. The second-order valence-electron chi connectivity index (χ2n) is 4.97. The van der Waals surface area contributed by atoms with E-state index in [0.717, 1.165) is 5.56 Å². The Kier molecular flexibility index (Phi) is 3.41. The van der Waals surface area contributed by atoms with Crippen molar-refractivity contribution in [3.63, 3.8) is 0 Å². The van der Waals surface area contributed by atoms with E-state index in [1.807, 2.05) is 25.1 Å². The first-order chi connectivity index (χ1) is 8.42.